The van der Waals surface area contributed by atoms with E-state index in [1.807, 2.05) is 25.0 Å². The van der Waals surface area contributed by atoms with Crippen LogP contribution in [0.1, 0.15) is 24.4 Å². The van der Waals surface area contributed by atoms with Gasteiger partial charge in [-0.15, -0.1) is 0 Å². The van der Waals surface area contributed by atoms with Gasteiger partial charge < -0.3 is 15.5 Å². The SMILES string of the molecule is CN=C(NCC1CCCS1)NCC(c1cnn(C)c1)N(C)C. The second-order valence-electron chi connectivity index (χ2n) is 5.90. The Balaban J connectivity index is 1.84. The van der Waals surface area contributed by atoms with Gasteiger partial charge in [0.25, 0.3) is 0 Å². The molecule has 7 heteroatoms. The van der Waals surface area contributed by atoms with E-state index in [0.29, 0.717) is 0 Å². The highest BCUT2D eigenvalue weighted by Gasteiger charge is 2.18. The Labute approximate surface area is 137 Å². The standard InChI is InChI=1S/C15H28N6S/c1-16-15(17-9-13-6-5-7-22-13)18-10-14(20(2)3)12-8-19-21(4)11-12/h8,11,13-14H,5-7,9-10H2,1-4H3,(H2,16,17,18). The van der Waals surface area contributed by atoms with Crippen molar-refractivity contribution in [3.05, 3.63) is 18.0 Å². The highest BCUT2D eigenvalue weighted by molar-refractivity contribution is 8.00. The second kappa shape index (κ2) is 8.43. The third kappa shape index (κ3) is 4.91. The van der Waals surface area contributed by atoms with Gasteiger partial charge in [-0.3, -0.25) is 9.67 Å². The summed E-state index contributed by atoms with van der Waals surface area (Å²) in [6.45, 7) is 1.79. The van der Waals surface area contributed by atoms with Gasteiger partial charge >= 0.3 is 0 Å². The summed E-state index contributed by atoms with van der Waals surface area (Å²) in [6, 6.07) is 0.271. The summed E-state index contributed by atoms with van der Waals surface area (Å²) in [5, 5.41) is 11.9. The van der Waals surface area contributed by atoms with Crippen molar-refractivity contribution in [1.82, 2.24) is 25.3 Å². The predicted octanol–water partition coefficient (Wildman–Crippen LogP) is 1.08. The fourth-order valence-corrected chi connectivity index (χ4v) is 3.84. The van der Waals surface area contributed by atoms with Crippen molar-refractivity contribution in [2.75, 3.05) is 40.0 Å². The molecule has 1 aliphatic heterocycles. The summed E-state index contributed by atoms with van der Waals surface area (Å²) in [4.78, 5) is 6.52. The Hall–Kier alpha value is -1.21. The van der Waals surface area contributed by atoms with Crippen molar-refractivity contribution in [2.24, 2.45) is 12.0 Å². The van der Waals surface area contributed by atoms with Crippen molar-refractivity contribution >= 4 is 17.7 Å². The van der Waals surface area contributed by atoms with Crippen LogP contribution in [0.3, 0.4) is 0 Å². The number of aromatic nitrogens is 2. The minimum atomic E-state index is 0.271. The summed E-state index contributed by atoms with van der Waals surface area (Å²) in [7, 11) is 7.95. The molecule has 22 heavy (non-hydrogen) atoms. The number of rotatable bonds is 6. The number of aryl methyl sites for hydroxylation is 1. The molecule has 2 heterocycles. The average Bonchev–Trinajstić information content (AvgIpc) is 3.14. The van der Waals surface area contributed by atoms with E-state index in [-0.39, 0.29) is 6.04 Å². The number of hydrogen-bond donors (Lipinski definition) is 2. The predicted molar refractivity (Wildman–Crippen MR) is 94.5 cm³/mol. The third-order valence-electron chi connectivity index (χ3n) is 3.94. The molecule has 0 aromatic carbocycles. The number of aliphatic imine (C=N–C) groups is 1. The van der Waals surface area contributed by atoms with Crippen LogP contribution in [-0.2, 0) is 7.05 Å². The Morgan fingerprint density at radius 2 is 2.36 bits per heavy atom. The molecule has 6 nitrogen and oxygen atoms in total. The molecular weight excluding hydrogens is 296 g/mol. The lowest BCUT2D eigenvalue weighted by Gasteiger charge is -2.25. The number of likely N-dealkylation sites (N-methyl/N-ethyl adjacent to an activating group) is 1. The van der Waals surface area contributed by atoms with Crippen LogP contribution in [0.25, 0.3) is 0 Å². The van der Waals surface area contributed by atoms with Gasteiger partial charge in [0, 0.05) is 44.2 Å². The van der Waals surface area contributed by atoms with E-state index in [0.717, 1.165) is 24.3 Å². The van der Waals surface area contributed by atoms with Crippen molar-refractivity contribution in [3.63, 3.8) is 0 Å². The first-order valence-electron chi connectivity index (χ1n) is 7.81. The minimum Gasteiger partial charge on any atom is -0.355 e. The molecule has 0 aliphatic carbocycles. The van der Waals surface area contributed by atoms with Gasteiger partial charge in [0.1, 0.15) is 0 Å². The number of hydrogen-bond acceptors (Lipinski definition) is 4. The first-order valence-corrected chi connectivity index (χ1v) is 8.86. The maximum Gasteiger partial charge on any atom is 0.191 e. The van der Waals surface area contributed by atoms with Crippen molar-refractivity contribution in [1.29, 1.82) is 0 Å². The number of thioether (sulfide) groups is 1. The van der Waals surface area contributed by atoms with E-state index in [1.54, 1.807) is 0 Å². The largest absolute Gasteiger partial charge is 0.355 e. The van der Waals surface area contributed by atoms with E-state index in [2.05, 4.69) is 57.7 Å². The summed E-state index contributed by atoms with van der Waals surface area (Å²) in [5.41, 5.74) is 1.21. The first kappa shape index (κ1) is 17.1. The number of nitrogens with one attached hydrogen (secondary N) is 2. The Morgan fingerprint density at radius 3 is 2.91 bits per heavy atom. The smallest absolute Gasteiger partial charge is 0.191 e. The molecule has 1 aromatic rings. The van der Waals surface area contributed by atoms with Crippen LogP contribution in [0, 0.1) is 0 Å². The molecule has 0 radical (unpaired) electrons. The number of guanidine groups is 1. The molecule has 2 rings (SSSR count). The fraction of sp³-hybridized carbons (Fsp3) is 0.733. The zero-order valence-electron chi connectivity index (χ0n) is 14.0. The van der Waals surface area contributed by atoms with Crippen molar-refractivity contribution in [2.45, 2.75) is 24.1 Å². The third-order valence-corrected chi connectivity index (χ3v) is 5.34. The van der Waals surface area contributed by atoms with Gasteiger partial charge in [-0.25, -0.2) is 0 Å². The van der Waals surface area contributed by atoms with Crippen LogP contribution in [0.15, 0.2) is 17.4 Å². The van der Waals surface area contributed by atoms with E-state index < -0.39 is 0 Å². The van der Waals surface area contributed by atoms with Crippen LogP contribution in [0.4, 0.5) is 0 Å². The van der Waals surface area contributed by atoms with Gasteiger partial charge in [0.15, 0.2) is 5.96 Å². The first-order chi connectivity index (χ1) is 10.6. The van der Waals surface area contributed by atoms with E-state index in [9.17, 15) is 0 Å². The average molecular weight is 324 g/mol. The normalized spacial score (nSPS) is 20.4. The van der Waals surface area contributed by atoms with Gasteiger partial charge in [0.05, 0.1) is 12.2 Å². The maximum absolute atomic E-state index is 4.32. The molecule has 2 unspecified atom stereocenters. The molecule has 1 saturated heterocycles. The lowest BCUT2D eigenvalue weighted by Crippen LogP contribution is -2.43. The van der Waals surface area contributed by atoms with E-state index in [1.165, 1.54) is 24.2 Å². The molecule has 1 fully saturated rings. The molecule has 1 aromatic heterocycles. The van der Waals surface area contributed by atoms with Crippen molar-refractivity contribution in [3.8, 4) is 0 Å². The van der Waals surface area contributed by atoms with Crippen molar-refractivity contribution < 1.29 is 0 Å². The Bertz CT molecular complexity index is 478. The second-order valence-corrected chi connectivity index (χ2v) is 7.30. The molecule has 0 spiro atoms. The Morgan fingerprint density at radius 1 is 1.55 bits per heavy atom. The van der Waals surface area contributed by atoms with Gasteiger partial charge in [-0.2, -0.15) is 16.9 Å². The molecule has 2 N–H and O–H groups in total. The highest BCUT2D eigenvalue weighted by Crippen LogP contribution is 2.25. The topological polar surface area (TPSA) is 57.5 Å². The number of nitrogens with zero attached hydrogens (tertiary/aromatic N) is 4. The minimum absolute atomic E-state index is 0.271. The summed E-state index contributed by atoms with van der Waals surface area (Å²) in [6.07, 6.45) is 6.65. The molecule has 0 amide bonds. The van der Waals surface area contributed by atoms with Crippen LogP contribution in [0.2, 0.25) is 0 Å². The molecular formula is C15H28N6S. The van der Waals surface area contributed by atoms with Gasteiger partial charge in [-0.1, -0.05) is 0 Å². The molecule has 0 saturated carbocycles. The van der Waals surface area contributed by atoms with Crippen LogP contribution >= 0.6 is 11.8 Å². The monoisotopic (exact) mass is 324 g/mol. The molecule has 124 valence electrons. The zero-order valence-corrected chi connectivity index (χ0v) is 14.9. The van der Waals surface area contributed by atoms with Crippen LogP contribution < -0.4 is 10.6 Å². The van der Waals surface area contributed by atoms with E-state index >= 15 is 0 Å². The molecule has 2 atom stereocenters. The van der Waals surface area contributed by atoms with Gasteiger partial charge in [-0.05, 0) is 32.7 Å². The van der Waals surface area contributed by atoms with Crippen LogP contribution in [0.5, 0.6) is 0 Å². The van der Waals surface area contributed by atoms with Gasteiger partial charge in [0.2, 0.25) is 0 Å². The lowest BCUT2D eigenvalue weighted by atomic mass is 10.1. The highest BCUT2D eigenvalue weighted by atomic mass is 32.2. The Kier molecular flexibility index (Phi) is 6.57. The molecule has 1 aliphatic rings. The lowest BCUT2D eigenvalue weighted by molar-refractivity contribution is 0.298. The maximum atomic E-state index is 4.32. The summed E-state index contributed by atoms with van der Waals surface area (Å²) >= 11 is 2.06. The summed E-state index contributed by atoms with van der Waals surface area (Å²) in [5.74, 6) is 2.17. The fourth-order valence-electron chi connectivity index (χ4n) is 2.64. The molecule has 0 bridgehead atoms. The zero-order chi connectivity index (χ0) is 15.9. The quantitative estimate of drug-likeness (QED) is 0.606. The van der Waals surface area contributed by atoms with Crippen LogP contribution in [-0.4, -0.2) is 65.9 Å². The summed E-state index contributed by atoms with van der Waals surface area (Å²) < 4.78 is 1.84. The van der Waals surface area contributed by atoms with E-state index in [4.69, 9.17) is 0 Å².